The van der Waals surface area contributed by atoms with Crippen LogP contribution < -0.4 is 10.9 Å². The van der Waals surface area contributed by atoms with Crippen molar-refractivity contribution in [1.29, 1.82) is 5.26 Å². The summed E-state index contributed by atoms with van der Waals surface area (Å²) in [7, 11) is 1.76. The summed E-state index contributed by atoms with van der Waals surface area (Å²) >= 11 is 0. The summed E-state index contributed by atoms with van der Waals surface area (Å²) in [4.78, 5) is 28.4. The van der Waals surface area contributed by atoms with Crippen LogP contribution >= 0.6 is 0 Å². The van der Waals surface area contributed by atoms with Gasteiger partial charge in [-0.2, -0.15) is 5.26 Å². The van der Waals surface area contributed by atoms with Crippen molar-refractivity contribution in [3.05, 3.63) is 107 Å². The smallest absolute Gasteiger partial charge is 0.259 e. The quantitative estimate of drug-likeness (QED) is 0.332. The van der Waals surface area contributed by atoms with Crippen molar-refractivity contribution in [2.24, 2.45) is 7.05 Å². The number of rotatable bonds is 6. The number of pyridine rings is 2. The Bertz CT molecular complexity index is 1750. The molecule has 3 aromatic heterocycles. The number of piperidine rings is 1. The van der Waals surface area contributed by atoms with Crippen LogP contribution in [0, 0.1) is 11.3 Å². The van der Waals surface area contributed by atoms with Gasteiger partial charge in [0.2, 0.25) is 5.82 Å². The normalized spacial score (nSPS) is 14.2. The van der Waals surface area contributed by atoms with E-state index in [4.69, 9.17) is 10.2 Å². The van der Waals surface area contributed by atoms with E-state index in [0.29, 0.717) is 22.8 Å². The van der Waals surface area contributed by atoms with Gasteiger partial charge in [-0.05, 0) is 42.2 Å². The molecule has 0 atom stereocenters. The first kappa shape index (κ1) is 25.4. The van der Waals surface area contributed by atoms with Crippen molar-refractivity contribution in [3.8, 4) is 28.5 Å². The molecule has 8 heteroatoms. The van der Waals surface area contributed by atoms with Gasteiger partial charge in [0.15, 0.2) is 0 Å². The Kier molecular flexibility index (Phi) is 7.04. The molecule has 0 amide bonds. The van der Waals surface area contributed by atoms with Gasteiger partial charge in [0.25, 0.3) is 5.56 Å². The molecular formula is C32H29N7O. The predicted octanol–water partition coefficient (Wildman–Crippen LogP) is 5.01. The molecule has 5 aromatic rings. The molecular weight excluding hydrogens is 498 g/mol. The zero-order valence-corrected chi connectivity index (χ0v) is 22.3. The zero-order valence-electron chi connectivity index (χ0n) is 22.3. The van der Waals surface area contributed by atoms with Crippen molar-refractivity contribution in [2.45, 2.75) is 25.4 Å². The molecule has 0 bridgehead atoms. The summed E-state index contributed by atoms with van der Waals surface area (Å²) in [5.41, 5.74) is 5.77. The average Bonchev–Trinajstić information content (AvgIpc) is 3.00. The van der Waals surface area contributed by atoms with Crippen molar-refractivity contribution in [2.75, 3.05) is 18.4 Å². The second-order valence-electron chi connectivity index (χ2n) is 10.2. The van der Waals surface area contributed by atoms with E-state index in [1.807, 2.05) is 42.5 Å². The lowest BCUT2D eigenvalue weighted by molar-refractivity contribution is 0.211. The molecule has 1 N–H and O–H groups in total. The third-order valence-corrected chi connectivity index (χ3v) is 7.47. The Morgan fingerprint density at radius 3 is 2.50 bits per heavy atom. The highest BCUT2D eigenvalue weighted by molar-refractivity contribution is 5.91. The van der Waals surface area contributed by atoms with Gasteiger partial charge in [-0.3, -0.25) is 9.69 Å². The molecule has 0 unspecified atom stereocenters. The van der Waals surface area contributed by atoms with E-state index in [2.05, 4.69) is 56.6 Å². The first-order valence-corrected chi connectivity index (χ1v) is 13.4. The summed E-state index contributed by atoms with van der Waals surface area (Å²) in [5, 5.41) is 13.1. The molecule has 0 radical (unpaired) electrons. The topological polar surface area (TPSA) is 99.7 Å². The van der Waals surface area contributed by atoms with Crippen LogP contribution in [-0.2, 0) is 13.6 Å². The van der Waals surface area contributed by atoms with Gasteiger partial charge < -0.3 is 9.88 Å². The second-order valence-corrected chi connectivity index (χ2v) is 10.2. The van der Waals surface area contributed by atoms with Crippen LogP contribution in [-0.4, -0.2) is 43.6 Å². The molecule has 2 aromatic carbocycles. The Morgan fingerprint density at radius 2 is 1.75 bits per heavy atom. The molecule has 0 spiro atoms. The van der Waals surface area contributed by atoms with Crippen LogP contribution in [0.2, 0.25) is 0 Å². The molecule has 1 aliphatic rings. The number of anilines is 1. The number of hydrogen-bond donors (Lipinski definition) is 1. The fourth-order valence-corrected chi connectivity index (χ4v) is 5.29. The van der Waals surface area contributed by atoms with E-state index in [0.717, 1.165) is 54.9 Å². The van der Waals surface area contributed by atoms with E-state index in [1.54, 1.807) is 24.0 Å². The minimum atomic E-state index is -0.0491. The van der Waals surface area contributed by atoms with Crippen molar-refractivity contribution >= 4 is 16.7 Å². The van der Waals surface area contributed by atoms with E-state index >= 15 is 0 Å². The summed E-state index contributed by atoms with van der Waals surface area (Å²) in [6, 6.07) is 26.7. The van der Waals surface area contributed by atoms with Gasteiger partial charge >= 0.3 is 0 Å². The number of hydrogen-bond acceptors (Lipinski definition) is 7. The highest BCUT2D eigenvalue weighted by atomic mass is 16.1. The molecule has 1 saturated heterocycles. The number of aromatic nitrogens is 4. The van der Waals surface area contributed by atoms with E-state index in [-0.39, 0.29) is 11.4 Å². The number of likely N-dealkylation sites (tertiary alicyclic amines) is 1. The lowest BCUT2D eigenvalue weighted by Gasteiger charge is -2.32. The number of aryl methyl sites for hydroxylation is 1. The molecule has 0 aliphatic carbocycles. The molecule has 0 saturated carbocycles. The zero-order chi connectivity index (χ0) is 27.5. The first-order chi connectivity index (χ1) is 19.6. The fraction of sp³-hybridized carbons (Fsp3) is 0.219. The largest absolute Gasteiger partial charge is 0.367 e. The number of nitrogens with zero attached hydrogens (tertiary/aromatic N) is 6. The Labute approximate surface area is 232 Å². The molecule has 1 fully saturated rings. The van der Waals surface area contributed by atoms with Gasteiger partial charge in [0, 0.05) is 56.2 Å². The van der Waals surface area contributed by atoms with Gasteiger partial charge in [0.05, 0.1) is 16.6 Å². The minimum Gasteiger partial charge on any atom is -0.367 e. The molecule has 1 aliphatic heterocycles. The standard InChI is InChI=1S/C32H29N7O/c1-38-16-14-28-27(32(38)40)19-26(23-5-3-2-4-6-23)31(36-28)24-9-7-22(8-10-24)21-39-17-12-25(13-18-39)35-29-11-15-34-30(20-33)37-29/h2-11,14-16,19,25H,12-13,17-18,21H2,1H3,(H,34,35,37). The van der Waals surface area contributed by atoms with Crippen LogP contribution in [0.1, 0.15) is 24.2 Å². The first-order valence-electron chi connectivity index (χ1n) is 13.4. The van der Waals surface area contributed by atoms with Gasteiger partial charge in [-0.15, -0.1) is 0 Å². The van der Waals surface area contributed by atoms with E-state index in [1.165, 1.54) is 5.56 Å². The van der Waals surface area contributed by atoms with Gasteiger partial charge in [0.1, 0.15) is 11.9 Å². The Balaban J connectivity index is 1.18. The summed E-state index contributed by atoms with van der Waals surface area (Å²) in [6.07, 6.45) is 5.39. The second kappa shape index (κ2) is 11.1. The van der Waals surface area contributed by atoms with Gasteiger partial charge in [-0.25, -0.2) is 15.0 Å². The maximum Gasteiger partial charge on any atom is 0.259 e. The monoisotopic (exact) mass is 527 g/mol. The Hall–Kier alpha value is -4.87. The molecule has 40 heavy (non-hydrogen) atoms. The van der Waals surface area contributed by atoms with Crippen LogP contribution in [0.4, 0.5) is 5.82 Å². The van der Waals surface area contributed by atoms with Crippen LogP contribution in [0.5, 0.6) is 0 Å². The van der Waals surface area contributed by atoms with Crippen molar-refractivity contribution < 1.29 is 0 Å². The maximum absolute atomic E-state index is 12.8. The minimum absolute atomic E-state index is 0.0491. The lowest BCUT2D eigenvalue weighted by atomic mass is 9.97. The summed E-state index contributed by atoms with van der Waals surface area (Å²) in [6.45, 7) is 2.84. The SMILES string of the molecule is Cn1ccc2nc(-c3ccc(CN4CCC(Nc5ccnc(C#N)n5)CC4)cc3)c(-c3ccccc3)cc2c1=O. The highest BCUT2D eigenvalue weighted by Crippen LogP contribution is 2.33. The predicted molar refractivity (Wildman–Crippen MR) is 157 cm³/mol. The number of nitriles is 1. The lowest BCUT2D eigenvalue weighted by Crippen LogP contribution is -2.38. The molecule has 198 valence electrons. The number of benzene rings is 2. The van der Waals surface area contributed by atoms with Crippen molar-refractivity contribution in [1.82, 2.24) is 24.4 Å². The van der Waals surface area contributed by atoms with Gasteiger partial charge in [-0.1, -0.05) is 54.6 Å². The van der Waals surface area contributed by atoms with E-state index < -0.39 is 0 Å². The van der Waals surface area contributed by atoms with E-state index in [9.17, 15) is 4.79 Å². The maximum atomic E-state index is 12.8. The highest BCUT2D eigenvalue weighted by Gasteiger charge is 2.20. The summed E-state index contributed by atoms with van der Waals surface area (Å²) < 4.78 is 1.59. The molecule has 4 heterocycles. The molecule has 8 nitrogen and oxygen atoms in total. The Morgan fingerprint density at radius 1 is 0.975 bits per heavy atom. The van der Waals surface area contributed by atoms with Crippen LogP contribution in [0.15, 0.2) is 90.0 Å². The fourth-order valence-electron chi connectivity index (χ4n) is 5.29. The number of fused-ring (bicyclic) bond motifs is 1. The molecule has 6 rings (SSSR count). The third-order valence-electron chi connectivity index (χ3n) is 7.47. The van der Waals surface area contributed by atoms with Crippen LogP contribution in [0.3, 0.4) is 0 Å². The van der Waals surface area contributed by atoms with Crippen LogP contribution in [0.25, 0.3) is 33.3 Å². The third kappa shape index (κ3) is 5.33. The van der Waals surface area contributed by atoms with Crippen molar-refractivity contribution in [3.63, 3.8) is 0 Å². The summed E-state index contributed by atoms with van der Waals surface area (Å²) in [5.74, 6) is 0.892. The number of nitrogens with one attached hydrogen (secondary N) is 1. The average molecular weight is 528 g/mol.